The molecule has 2 aromatic rings. The molecular weight excluding hydrogens is 404 g/mol. The van der Waals surface area contributed by atoms with E-state index in [0.717, 1.165) is 30.4 Å². The Morgan fingerprint density at radius 1 is 1.15 bits per heavy atom. The first-order chi connectivity index (χ1) is 13.1. The molecule has 0 spiro atoms. The van der Waals surface area contributed by atoms with E-state index in [4.69, 9.17) is 4.74 Å². The van der Waals surface area contributed by atoms with Crippen molar-refractivity contribution in [3.05, 3.63) is 71.0 Å². The van der Waals surface area contributed by atoms with Crippen molar-refractivity contribution in [2.24, 2.45) is 0 Å². The summed E-state index contributed by atoms with van der Waals surface area (Å²) in [4.78, 5) is 18.9. The first-order valence-electron chi connectivity index (χ1n) is 9.28. The Morgan fingerprint density at radius 3 is 2.56 bits per heavy atom. The van der Waals surface area contributed by atoms with E-state index in [1.807, 2.05) is 24.3 Å². The summed E-state index contributed by atoms with van der Waals surface area (Å²) in [5, 5.41) is 0. The van der Waals surface area contributed by atoms with Crippen LogP contribution in [0, 0.1) is 0 Å². The van der Waals surface area contributed by atoms with Crippen LogP contribution in [0.15, 0.2) is 59.7 Å². The number of halogens is 1. The number of carbonyl (C=O) groups excluding carboxylic acids is 1. The molecule has 4 nitrogen and oxygen atoms in total. The third-order valence-electron chi connectivity index (χ3n) is 4.22. The first-order valence-corrected chi connectivity index (χ1v) is 10.1. The van der Waals surface area contributed by atoms with Gasteiger partial charge in [0.25, 0.3) is 0 Å². The number of rotatable bonds is 12. The van der Waals surface area contributed by atoms with Crippen LogP contribution in [0.25, 0.3) is 0 Å². The van der Waals surface area contributed by atoms with E-state index in [-0.39, 0.29) is 5.78 Å². The molecule has 0 aliphatic carbocycles. The highest BCUT2D eigenvalue weighted by Crippen LogP contribution is 2.16. The van der Waals surface area contributed by atoms with Gasteiger partial charge in [-0.3, -0.25) is 4.79 Å². The Hall–Kier alpha value is -1.98. The van der Waals surface area contributed by atoms with Crippen molar-refractivity contribution in [1.29, 1.82) is 0 Å². The van der Waals surface area contributed by atoms with Crippen LogP contribution in [0.5, 0.6) is 5.75 Å². The molecule has 0 N–H and O–H groups in total. The lowest BCUT2D eigenvalue weighted by atomic mass is 10.1. The lowest BCUT2D eigenvalue weighted by molar-refractivity contribution is 0.103. The summed E-state index contributed by atoms with van der Waals surface area (Å²) < 4.78 is 6.67. The maximum Gasteiger partial charge on any atom is 0.211 e. The lowest BCUT2D eigenvalue weighted by Gasteiger charge is -2.13. The van der Waals surface area contributed by atoms with E-state index in [0.29, 0.717) is 23.6 Å². The van der Waals surface area contributed by atoms with E-state index in [1.165, 1.54) is 12.8 Å². The molecule has 0 atom stereocenters. The van der Waals surface area contributed by atoms with E-state index < -0.39 is 0 Å². The van der Waals surface area contributed by atoms with Crippen LogP contribution < -0.4 is 4.74 Å². The molecule has 0 saturated heterocycles. The highest BCUT2D eigenvalue weighted by Gasteiger charge is 2.10. The number of ketones is 1. The molecule has 0 aliphatic heterocycles. The van der Waals surface area contributed by atoms with Crippen LogP contribution in [0.3, 0.4) is 0 Å². The van der Waals surface area contributed by atoms with Crippen molar-refractivity contribution in [2.45, 2.75) is 25.7 Å². The van der Waals surface area contributed by atoms with Crippen LogP contribution in [0.1, 0.15) is 41.7 Å². The van der Waals surface area contributed by atoms with E-state index in [9.17, 15) is 4.79 Å². The Morgan fingerprint density at radius 2 is 1.89 bits per heavy atom. The number of pyridine rings is 1. The summed E-state index contributed by atoms with van der Waals surface area (Å²) in [5.74, 6) is 0.614. The Bertz CT molecular complexity index is 714. The Kier molecular flexibility index (Phi) is 9.22. The van der Waals surface area contributed by atoms with Gasteiger partial charge < -0.3 is 9.64 Å². The van der Waals surface area contributed by atoms with E-state index in [2.05, 4.69) is 39.4 Å². The number of ether oxygens (including phenoxy) is 1. The second kappa shape index (κ2) is 11.7. The van der Waals surface area contributed by atoms with Crippen molar-refractivity contribution < 1.29 is 9.53 Å². The molecule has 1 heterocycles. The summed E-state index contributed by atoms with van der Waals surface area (Å²) in [6, 6.07) is 10.8. The van der Waals surface area contributed by atoms with Crippen molar-refractivity contribution in [1.82, 2.24) is 9.88 Å². The minimum atomic E-state index is -0.0875. The molecule has 0 fully saturated rings. The van der Waals surface area contributed by atoms with Gasteiger partial charge in [-0.15, -0.1) is 6.58 Å². The smallest absolute Gasteiger partial charge is 0.211 e. The zero-order valence-electron chi connectivity index (χ0n) is 15.9. The number of nitrogens with zero attached hydrogens (tertiary/aromatic N) is 2. The van der Waals surface area contributed by atoms with Gasteiger partial charge in [-0.1, -0.05) is 34.8 Å². The number of hydrogen-bond donors (Lipinski definition) is 0. The second-order valence-corrected chi connectivity index (χ2v) is 7.44. The molecule has 0 bridgehead atoms. The standard InChI is InChI=1S/C22H27BrN2O2/c1-3-14-25(2)15-6-4-5-7-16-27-20-12-13-21(24-17-20)22(26)18-8-10-19(23)11-9-18/h3,8-13,17H,1,4-7,14-16H2,2H3. The molecule has 144 valence electrons. The predicted molar refractivity (Wildman–Crippen MR) is 113 cm³/mol. The quantitative estimate of drug-likeness (QED) is 0.265. The molecule has 0 unspecified atom stereocenters. The Labute approximate surface area is 170 Å². The highest BCUT2D eigenvalue weighted by atomic mass is 79.9. The summed E-state index contributed by atoms with van der Waals surface area (Å²) in [5.41, 5.74) is 1.05. The summed E-state index contributed by atoms with van der Waals surface area (Å²) in [6.45, 7) is 6.46. The number of unbranched alkanes of at least 4 members (excludes halogenated alkanes) is 3. The Balaban J connectivity index is 1.67. The van der Waals surface area contributed by atoms with E-state index >= 15 is 0 Å². The number of benzene rings is 1. The highest BCUT2D eigenvalue weighted by molar-refractivity contribution is 9.10. The van der Waals surface area contributed by atoms with Gasteiger partial charge in [0.15, 0.2) is 0 Å². The van der Waals surface area contributed by atoms with Crippen molar-refractivity contribution in [3.8, 4) is 5.75 Å². The number of aromatic nitrogens is 1. The zero-order chi connectivity index (χ0) is 19.5. The molecule has 0 saturated carbocycles. The maximum atomic E-state index is 12.4. The third kappa shape index (κ3) is 7.65. The monoisotopic (exact) mass is 430 g/mol. The van der Waals surface area contributed by atoms with Gasteiger partial charge in [-0.2, -0.15) is 0 Å². The average molecular weight is 431 g/mol. The molecule has 0 radical (unpaired) electrons. The molecule has 1 aromatic carbocycles. The van der Waals surface area contributed by atoms with Crippen LogP contribution in [-0.4, -0.2) is 42.4 Å². The lowest BCUT2D eigenvalue weighted by Crippen LogP contribution is -2.19. The topological polar surface area (TPSA) is 42.4 Å². The first kappa shape index (κ1) is 21.3. The molecular formula is C22H27BrN2O2. The minimum Gasteiger partial charge on any atom is -0.492 e. The SMILES string of the molecule is C=CCN(C)CCCCCCOc1ccc(C(=O)c2ccc(Br)cc2)nc1. The number of hydrogen-bond acceptors (Lipinski definition) is 4. The molecule has 1 aromatic heterocycles. The minimum absolute atomic E-state index is 0.0875. The van der Waals surface area contributed by atoms with Gasteiger partial charge in [0, 0.05) is 16.6 Å². The molecule has 0 aliphatic rings. The van der Waals surface area contributed by atoms with Crippen LogP contribution in [-0.2, 0) is 0 Å². The maximum absolute atomic E-state index is 12.4. The molecule has 27 heavy (non-hydrogen) atoms. The second-order valence-electron chi connectivity index (χ2n) is 6.53. The average Bonchev–Trinajstić information content (AvgIpc) is 2.68. The van der Waals surface area contributed by atoms with Gasteiger partial charge in [0.2, 0.25) is 5.78 Å². The third-order valence-corrected chi connectivity index (χ3v) is 4.75. The van der Waals surface area contributed by atoms with Gasteiger partial charge in [0.1, 0.15) is 11.4 Å². The van der Waals surface area contributed by atoms with E-state index in [1.54, 1.807) is 24.4 Å². The van der Waals surface area contributed by atoms with Crippen LogP contribution in [0.4, 0.5) is 0 Å². The summed E-state index contributed by atoms with van der Waals surface area (Å²) in [6.07, 6.45) is 8.11. The number of likely N-dealkylation sites (N-methyl/N-ethyl adjacent to an activating group) is 1. The largest absolute Gasteiger partial charge is 0.492 e. The van der Waals surface area contributed by atoms with Crippen molar-refractivity contribution in [2.75, 3.05) is 26.7 Å². The zero-order valence-corrected chi connectivity index (χ0v) is 17.5. The van der Waals surface area contributed by atoms with Crippen molar-refractivity contribution in [3.63, 3.8) is 0 Å². The van der Waals surface area contributed by atoms with Crippen molar-refractivity contribution >= 4 is 21.7 Å². The molecule has 5 heteroatoms. The summed E-state index contributed by atoms with van der Waals surface area (Å²) in [7, 11) is 2.11. The van der Waals surface area contributed by atoms with Gasteiger partial charge in [-0.25, -0.2) is 4.98 Å². The number of carbonyl (C=O) groups is 1. The summed E-state index contributed by atoms with van der Waals surface area (Å²) >= 11 is 3.37. The van der Waals surface area contributed by atoms with Crippen LogP contribution >= 0.6 is 15.9 Å². The normalized spacial score (nSPS) is 10.8. The van der Waals surface area contributed by atoms with Crippen LogP contribution in [0.2, 0.25) is 0 Å². The van der Waals surface area contributed by atoms with Gasteiger partial charge in [0.05, 0.1) is 12.8 Å². The van der Waals surface area contributed by atoms with Gasteiger partial charge >= 0.3 is 0 Å². The fourth-order valence-corrected chi connectivity index (χ4v) is 2.95. The fourth-order valence-electron chi connectivity index (χ4n) is 2.69. The molecule has 2 rings (SSSR count). The fraction of sp³-hybridized carbons (Fsp3) is 0.364. The molecule has 0 amide bonds. The predicted octanol–water partition coefficient (Wildman–Crippen LogP) is 5.13. The van der Waals surface area contributed by atoms with Gasteiger partial charge in [-0.05, 0) is 62.8 Å².